The maximum atomic E-state index is 9.25. The normalized spacial score (nSPS) is 20.5. The second kappa shape index (κ2) is 4.56. The molecule has 0 N–H and O–H groups in total. The summed E-state index contributed by atoms with van der Waals surface area (Å²) in [5.41, 5.74) is 0.911. The van der Waals surface area contributed by atoms with Gasteiger partial charge in [0.15, 0.2) is 6.29 Å². The van der Waals surface area contributed by atoms with Crippen molar-refractivity contribution in [2.45, 2.75) is 45.2 Å². The molecule has 0 atom stereocenters. The highest BCUT2D eigenvalue weighted by atomic mass is 16.7. The number of benzene rings is 2. The molecule has 0 bridgehead atoms. The van der Waals surface area contributed by atoms with E-state index in [2.05, 4.69) is 6.07 Å². The first-order valence-electron chi connectivity index (χ1n) is 7.13. The lowest BCUT2D eigenvalue weighted by atomic mass is 9.90. The number of rotatable bonds is 1. The van der Waals surface area contributed by atoms with Gasteiger partial charge in [-0.2, -0.15) is 5.26 Å². The van der Waals surface area contributed by atoms with E-state index in [1.165, 1.54) is 0 Å². The quantitative estimate of drug-likeness (QED) is 0.782. The van der Waals surface area contributed by atoms with Gasteiger partial charge in [0.2, 0.25) is 0 Å². The van der Waals surface area contributed by atoms with E-state index >= 15 is 0 Å². The highest BCUT2D eigenvalue weighted by Gasteiger charge is 2.49. The van der Waals surface area contributed by atoms with Gasteiger partial charge in [-0.3, -0.25) is 0 Å². The Morgan fingerprint density at radius 1 is 0.905 bits per heavy atom. The van der Waals surface area contributed by atoms with Crippen LogP contribution in [0.5, 0.6) is 0 Å². The summed E-state index contributed by atoms with van der Waals surface area (Å²) in [6, 6.07) is 13.9. The number of ether oxygens (including phenoxy) is 2. The van der Waals surface area contributed by atoms with Crippen LogP contribution in [-0.4, -0.2) is 11.2 Å². The molecule has 2 aromatic carbocycles. The van der Waals surface area contributed by atoms with Crippen molar-refractivity contribution < 1.29 is 9.47 Å². The third kappa shape index (κ3) is 2.12. The van der Waals surface area contributed by atoms with E-state index in [9.17, 15) is 5.26 Å². The summed E-state index contributed by atoms with van der Waals surface area (Å²) in [6.45, 7) is 8.16. The van der Waals surface area contributed by atoms with Gasteiger partial charge in [0.05, 0.1) is 22.8 Å². The highest BCUT2D eigenvalue weighted by Crippen LogP contribution is 2.46. The zero-order chi connectivity index (χ0) is 15.3. The van der Waals surface area contributed by atoms with Gasteiger partial charge >= 0.3 is 0 Å². The van der Waals surface area contributed by atoms with Crippen molar-refractivity contribution in [2.75, 3.05) is 0 Å². The monoisotopic (exact) mass is 281 g/mol. The third-order valence-electron chi connectivity index (χ3n) is 4.59. The Hall–Kier alpha value is -1.89. The molecule has 1 saturated heterocycles. The molecule has 1 heterocycles. The van der Waals surface area contributed by atoms with Crippen LogP contribution >= 0.6 is 0 Å². The van der Waals surface area contributed by atoms with Crippen LogP contribution in [0.2, 0.25) is 0 Å². The second-order valence-electron chi connectivity index (χ2n) is 6.45. The fourth-order valence-electron chi connectivity index (χ4n) is 2.60. The smallest absolute Gasteiger partial charge is 0.185 e. The zero-order valence-corrected chi connectivity index (χ0v) is 12.8. The van der Waals surface area contributed by atoms with Crippen LogP contribution in [0.25, 0.3) is 10.8 Å². The van der Waals surface area contributed by atoms with Crippen LogP contribution in [0.4, 0.5) is 0 Å². The number of hydrogen-bond donors (Lipinski definition) is 0. The largest absolute Gasteiger partial charge is 0.339 e. The lowest BCUT2D eigenvalue weighted by Crippen LogP contribution is -2.41. The topological polar surface area (TPSA) is 42.2 Å². The molecule has 0 spiro atoms. The zero-order valence-electron chi connectivity index (χ0n) is 12.8. The molecule has 3 rings (SSSR count). The summed E-state index contributed by atoms with van der Waals surface area (Å²) in [4.78, 5) is 0. The lowest BCUT2D eigenvalue weighted by Gasteiger charge is -2.30. The van der Waals surface area contributed by atoms with Crippen molar-refractivity contribution in [2.24, 2.45) is 0 Å². The number of hydrogen-bond acceptors (Lipinski definition) is 3. The van der Waals surface area contributed by atoms with Crippen LogP contribution in [-0.2, 0) is 9.47 Å². The van der Waals surface area contributed by atoms with Gasteiger partial charge in [-0.25, -0.2) is 0 Å². The van der Waals surface area contributed by atoms with E-state index in [1.807, 2.05) is 64.1 Å². The fraction of sp³-hybridized carbons (Fsp3) is 0.389. The van der Waals surface area contributed by atoms with Crippen LogP contribution in [0.3, 0.4) is 0 Å². The number of nitrogens with zero attached hydrogens (tertiary/aromatic N) is 1. The van der Waals surface area contributed by atoms with Crippen LogP contribution in [0, 0.1) is 11.3 Å². The standard InChI is InChI=1S/C18H19NO2/c1-17(2)18(3,4)21-16(20-17)15-10-9-12(11-19)13-7-5-6-8-14(13)15/h5-10,16H,1-4H3. The van der Waals surface area contributed by atoms with Gasteiger partial charge in [-0.1, -0.05) is 30.3 Å². The maximum absolute atomic E-state index is 9.25. The third-order valence-corrected chi connectivity index (χ3v) is 4.59. The Balaban J connectivity index is 2.14. The molecule has 0 amide bonds. The molecule has 1 aliphatic heterocycles. The Labute approximate surface area is 125 Å². The van der Waals surface area contributed by atoms with E-state index in [-0.39, 0.29) is 11.2 Å². The summed E-state index contributed by atoms with van der Waals surface area (Å²) < 4.78 is 12.3. The average molecular weight is 281 g/mol. The molecular weight excluding hydrogens is 262 g/mol. The summed E-state index contributed by atoms with van der Waals surface area (Å²) in [6.07, 6.45) is -0.410. The highest BCUT2D eigenvalue weighted by molar-refractivity contribution is 5.90. The summed E-state index contributed by atoms with van der Waals surface area (Å²) in [5, 5.41) is 11.2. The van der Waals surface area contributed by atoms with E-state index in [1.54, 1.807) is 0 Å². The molecule has 0 aliphatic carbocycles. The predicted molar refractivity (Wildman–Crippen MR) is 81.7 cm³/mol. The van der Waals surface area contributed by atoms with Gasteiger partial charge in [0.25, 0.3) is 0 Å². The summed E-state index contributed by atoms with van der Waals surface area (Å²) in [5.74, 6) is 0. The maximum Gasteiger partial charge on any atom is 0.185 e. The molecule has 108 valence electrons. The molecule has 0 saturated carbocycles. The minimum Gasteiger partial charge on any atom is -0.339 e. The summed E-state index contributed by atoms with van der Waals surface area (Å²) >= 11 is 0. The van der Waals surface area contributed by atoms with Crippen LogP contribution in [0.15, 0.2) is 36.4 Å². The summed E-state index contributed by atoms with van der Waals surface area (Å²) in [7, 11) is 0. The Morgan fingerprint density at radius 2 is 1.48 bits per heavy atom. The Bertz CT molecular complexity index is 724. The Morgan fingerprint density at radius 3 is 2.05 bits per heavy atom. The van der Waals surface area contributed by atoms with Crippen molar-refractivity contribution in [3.05, 3.63) is 47.5 Å². The van der Waals surface area contributed by atoms with E-state index in [4.69, 9.17) is 9.47 Å². The minimum absolute atomic E-state index is 0.368. The number of nitriles is 1. The molecule has 1 aliphatic rings. The molecule has 0 unspecified atom stereocenters. The minimum atomic E-state index is -0.410. The van der Waals surface area contributed by atoms with Gasteiger partial charge in [0, 0.05) is 5.56 Å². The first kappa shape index (κ1) is 14.1. The Kier molecular flexibility index (Phi) is 3.05. The first-order valence-corrected chi connectivity index (χ1v) is 7.13. The molecule has 0 radical (unpaired) electrons. The van der Waals surface area contributed by atoms with Crippen molar-refractivity contribution in [3.63, 3.8) is 0 Å². The molecule has 3 heteroatoms. The van der Waals surface area contributed by atoms with Crippen molar-refractivity contribution in [1.29, 1.82) is 5.26 Å². The molecular formula is C18H19NO2. The molecule has 21 heavy (non-hydrogen) atoms. The molecule has 2 aromatic rings. The van der Waals surface area contributed by atoms with Gasteiger partial charge in [0.1, 0.15) is 0 Å². The molecule has 3 nitrogen and oxygen atoms in total. The van der Waals surface area contributed by atoms with Crippen LogP contribution in [0.1, 0.15) is 45.1 Å². The molecule has 0 aromatic heterocycles. The average Bonchev–Trinajstić information content (AvgIpc) is 2.66. The van der Waals surface area contributed by atoms with E-state index in [0.717, 1.165) is 16.3 Å². The molecule has 1 fully saturated rings. The van der Waals surface area contributed by atoms with Gasteiger partial charge in [-0.15, -0.1) is 0 Å². The SMILES string of the molecule is CC1(C)OC(c2ccc(C#N)c3ccccc23)OC1(C)C. The van der Waals surface area contributed by atoms with Crippen molar-refractivity contribution in [3.8, 4) is 6.07 Å². The fourth-order valence-corrected chi connectivity index (χ4v) is 2.60. The van der Waals surface area contributed by atoms with Crippen molar-refractivity contribution in [1.82, 2.24) is 0 Å². The predicted octanol–water partition coefficient (Wildman–Crippen LogP) is 4.31. The lowest BCUT2D eigenvalue weighted by molar-refractivity contribution is -0.0885. The van der Waals surface area contributed by atoms with E-state index < -0.39 is 6.29 Å². The second-order valence-corrected chi connectivity index (χ2v) is 6.45. The van der Waals surface area contributed by atoms with Gasteiger partial charge in [-0.05, 0) is 44.5 Å². The van der Waals surface area contributed by atoms with Gasteiger partial charge < -0.3 is 9.47 Å². The van der Waals surface area contributed by atoms with Crippen LogP contribution < -0.4 is 0 Å². The first-order chi connectivity index (χ1) is 9.86. The van der Waals surface area contributed by atoms with E-state index in [0.29, 0.717) is 5.56 Å². The number of fused-ring (bicyclic) bond motifs is 1. The van der Waals surface area contributed by atoms with Crippen molar-refractivity contribution >= 4 is 10.8 Å².